The predicted octanol–water partition coefficient (Wildman–Crippen LogP) is 3.32. The first-order valence-electron chi connectivity index (χ1n) is 7.13. The SMILES string of the molecule is Cc1csc2nc(C(=O)NCCC3=CCCCC3)cn12. The van der Waals surface area contributed by atoms with Gasteiger partial charge in [0.15, 0.2) is 4.96 Å². The number of carbonyl (C=O) groups excluding carboxylic acids is 1. The molecule has 0 bridgehead atoms. The summed E-state index contributed by atoms with van der Waals surface area (Å²) in [4.78, 5) is 17.3. The lowest BCUT2D eigenvalue weighted by atomic mass is 9.97. The minimum atomic E-state index is -0.0725. The van der Waals surface area contributed by atoms with Crippen LogP contribution in [0.4, 0.5) is 0 Å². The molecule has 2 heterocycles. The summed E-state index contributed by atoms with van der Waals surface area (Å²) in [5.41, 5.74) is 3.11. The van der Waals surface area contributed by atoms with E-state index in [4.69, 9.17) is 0 Å². The zero-order valence-corrected chi connectivity index (χ0v) is 12.5. The fraction of sp³-hybridized carbons (Fsp3) is 0.467. The molecule has 0 saturated carbocycles. The molecule has 1 aliphatic rings. The van der Waals surface area contributed by atoms with Gasteiger partial charge in [0, 0.05) is 23.8 Å². The number of thiazole rings is 1. The third-order valence-corrected chi connectivity index (χ3v) is 4.70. The van der Waals surface area contributed by atoms with Crippen molar-refractivity contribution >= 4 is 22.2 Å². The first-order valence-corrected chi connectivity index (χ1v) is 8.01. The Hall–Kier alpha value is -1.62. The second-order valence-corrected chi connectivity index (χ2v) is 6.11. The van der Waals surface area contributed by atoms with E-state index in [9.17, 15) is 4.79 Å². The molecule has 3 rings (SSSR count). The number of imidazole rings is 1. The van der Waals surface area contributed by atoms with Gasteiger partial charge in [-0.05, 0) is 39.0 Å². The molecule has 0 atom stereocenters. The third-order valence-electron chi connectivity index (χ3n) is 3.74. The fourth-order valence-electron chi connectivity index (χ4n) is 2.56. The van der Waals surface area contributed by atoms with Gasteiger partial charge < -0.3 is 5.32 Å². The van der Waals surface area contributed by atoms with Crippen molar-refractivity contribution in [1.29, 1.82) is 0 Å². The summed E-state index contributed by atoms with van der Waals surface area (Å²) in [6, 6.07) is 0. The predicted molar refractivity (Wildman–Crippen MR) is 81.3 cm³/mol. The van der Waals surface area contributed by atoms with Gasteiger partial charge in [0.05, 0.1) is 0 Å². The number of hydrogen-bond donors (Lipinski definition) is 1. The van der Waals surface area contributed by atoms with E-state index in [0.29, 0.717) is 12.2 Å². The maximum absolute atomic E-state index is 12.1. The Bertz CT molecular complexity index is 653. The van der Waals surface area contributed by atoms with Crippen molar-refractivity contribution in [2.75, 3.05) is 6.54 Å². The van der Waals surface area contributed by atoms with Gasteiger partial charge in [0.2, 0.25) is 0 Å². The van der Waals surface area contributed by atoms with Gasteiger partial charge in [-0.3, -0.25) is 9.20 Å². The minimum absolute atomic E-state index is 0.0725. The molecule has 2 aromatic heterocycles. The molecule has 5 heteroatoms. The lowest BCUT2D eigenvalue weighted by Crippen LogP contribution is -2.25. The van der Waals surface area contributed by atoms with Crippen LogP contribution in [0.25, 0.3) is 4.96 Å². The summed E-state index contributed by atoms with van der Waals surface area (Å²) >= 11 is 1.56. The lowest BCUT2D eigenvalue weighted by Gasteiger charge is -2.12. The average Bonchev–Trinajstić information content (AvgIpc) is 3.03. The van der Waals surface area contributed by atoms with Crippen LogP contribution in [-0.2, 0) is 0 Å². The van der Waals surface area contributed by atoms with Gasteiger partial charge in [0.1, 0.15) is 5.69 Å². The highest BCUT2D eigenvalue weighted by atomic mass is 32.1. The topological polar surface area (TPSA) is 46.4 Å². The molecule has 1 amide bonds. The van der Waals surface area contributed by atoms with Gasteiger partial charge in [-0.25, -0.2) is 4.98 Å². The van der Waals surface area contributed by atoms with Crippen LogP contribution in [0.1, 0.15) is 48.3 Å². The van der Waals surface area contributed by atoms with Crippen molar-refractivity contribution < 1.29 is 4.79 Å². The van der Waals surface area contributed by atoms with Crippen LogP contribution in [0, 0.1) is 6.92 Å². The second-order valence-electron chi connectivity index (χ2n) is 5.27. The molecule has 4 nitrogen and oxygen atoms in total. The standard InChI is InChI=1S/C15H19N3OS/c1-11-10-20-15-17-13(9-18(11)15)14(19)16-8-7-12-5-3-2-4-6-12/h5,9-10H,2-4,6-8H2,1H3,(H,16,19). The highest BCUT2D eigenvalue weighted by Crippen LogP contribution is 2.19. The lowest BCUT2D eigenvalue weighted by molar-refractivity contribution is 0.0949. The van der Waals surface area contributed by atoms with E-state index >= 15 is 0 Å². The summed E-state index contributed by atoms with van der Waals surface area (Å²) in [7, 11) is 0. The van der Waals surface area contributed by atoms with Gasteiger partial charge in [-0.2, -0.15) is 0 Å². The zero-order chi connectivity index (χ0) is 13.9. The molecular formula is C15H19N3OS. The molecule has 0 spiro atoms. The van der Waals surface area contributed by atoms with E-state index in [1.165, 1.54) is 31.3 Å². The Balaban J connectivity index is 1.57. The van der Waals surface area contributed by atoms with Crippen LogP contribution >= 0.6 is 11.3 Å². The summed E-state index contributed by atoms with van der Waals surface area (Å²) < 4.78 is 1.96. The van der Waals surface area contributed by atoms with Crippen molar-refractivity contribution in [2.24, 2.45) is 0 Å². The number of aromatic nitrogens is 2. The third kappa shape index (κ3) is 2.77. The van der Waals surface area contributed by atoms with E-state index in [2.05, 4.69) is 16.4 Å². The van der Waals surface area contributed by atoms with Crippen LogP contribution in [0.5, 0.6) is 0 Å². The monoisotopic (exact) mass is 289 g/mol. The van der Waals surface area contributed by atoms with Gasteiger partial charge >= 0.3 is 0 Å². The smallest absolute Gasteiger partial charge is 0.271 e. The first kappa shape index (κ1) is 13.4. The minimum Gasteiger partial charge on any atom is -0.350 e. The zero-order valence-electron chi connectivity index (χ0n) is 11.7. The Labute approximate surface area is 122 Å². The summed E-state index contributed by atoms with van der Waals surface area (Å²) in [5, 5.41) is 5.01. The van der Waals surface area contributed by atoms with Gasteiger partial charge in [-0.1, -0.05) is 11.6 Å². The first-order chi connectivity index (χ1) is 9.74. The average molecular weight is 289 g/mol. The van der Waals surface area contributed by atoms with Crippen molar-refractivity contribution in [3.8, 4) is 0 Å². The van der Waals surface area contributed by atoms with E-state index in [0.717, 1.165) is 17.1 Å². The fourth-order valence-corrected chi connectivity index (χ4v) is 3.41. The van der Waals surface area contributed by atoms with Crippen LogP contribution in [0.2, 0.25) is 0 Å². The summed E-state index contributed by atoms with van der Waals surface area (Å²) in [6.07, 6.45) is 10.1. The van der Waals surface area contributed by atoms with Gasteiger partial charge in [0.25, 0.3) is 5.91 Å². The van der Waals surface area contributed by atoms with Crippen LogP contribution in [0.3, 0.4) is 0 Å². The molecule has 0 aromatic carbocycles. The molecule has 1 aliphatic carbocycles. The van der Waals surface area contributed by atoms with Crippen LogP contribution in [-0.4, -0.2) is 21.8 Å². The Morgan fingerprint density at radius 1 is 1.50 bits per heavy atom. The molecule has 0 radical (unpaired) electrons. The number of amides is 1. The van der Waals surface area contributed by atoms with Crippen molar-refractivity contribution in [1.82, 2.24) is 14.7 Å². The molecule has 0 saturated heterocycles. The molecular weight excluding hydrogens is 270 g/mol. The van der Waals surface area contributed by atoms with Gasteiger partial charge in [-0.15, -0.1) is 11.3 Å². The number of allylic oxidation sites excluding steroid dienone is 1. The normalized spacial score (nSPS) is 15.3. The molecule has 0 fully saturated rings. The highest BCUT2D eigenvalue weighted by Gasteiger charge is 2.12. The summed E-state index contributed by atoms with van der Waals surface area (Å²) in [5.74, 6) is -0.0725. The summed E-state index contributed by atoms with van der Waals surface area (Å²) in [6.45, 7) is 2.72. The number of nitrogens with zero attached hydrogens (tertiary/aromatic N) is 2. The number of aryl methyl sites for hydroxylation is 1. The van der Waals surface area contributed by atoms with E-state index in [1.807, 2.05) is 22.9 Å². The Kier molecular flexibility index (Phi) is 3.87. The van der Waals surface area contributed by atoms with E-state index in [-0.39, 0.29) is 5.91 Å². The maximum Gasteiger partial charge on any atom is 0.271 e. The van der Waals surface area contributed by atoms with Crippen LogP contribution < -0.4 is 5.32 Å². The number of rotatable bonds is 4. The molecule has 0 unspecified atom stereocenters. The number of hydrogen-bond acceptors (Lipinski definition) is 3. The molecule has 1 N–H and O–H groups in total. The maximum atomic E-state index is 12.1. The molecule has 0 aliphatic heterocycles. The largest absolute Gasteiger partial charge is 0.350 e. The number of nitrogens with one attached hydrogen (secondary N) is 1. The molecule has 106 valence electrons. The molecule has 20 heavy (non-hydrogen) atoms. The van der Waals surface area contributed by atoms with Crippen molar-refractivity contribution in [3.63, 3.8) is 0 Å². The quantitative estimate of drug-likeness (QED) is 0.878. The Morgan fingerprint density at radius 3 is 3.15 bits per heavy atom. The van der Waals surface area contributed by atoms with Crippen molar-refractivity contribution in [2.45, 2.75) is 39.0 Å². The Morgan fingerprint density at radius 2 is 2.40 bits per heavy atom. The van der Waals surface area contributed by atoms with E-state index < -0.39 is 0 Å². The second kappa shape index (κ2) is 5.79. The van der Waals surface area contributed by atoms with Crippen LogP contribution in [0.15, 0.2) is 23.2 Å². The molecule has 2 aromatic rings. The number of fused-ring (bicyclic) bond motifs is 1. The number of carbonyl (C=O) groups is 1. The van der Waals surface area contributed by atoms with E-state index in [1.54, 1.807) is 11.3 Å². The highest BCUT2D eigenvalue weighted by molar-refractivity contribution is 7.15. The van der Waals surface area contributed by atoms with Crippen molar-refractivity contribution in [3.05, 3.63) is 34.6 Å².